The molecule has 0 atom stereocenters. The van der Waals surface area contributed by atoms with E-state index in [1.807, 2.05) is 19.1 Å². The van der Waals surface area contributed by atoms with E-state index < -0.39 is 10.0 Å². The number of nitrogens with zero attached hydrogens (tertiary/aromatic N) is 1. The predicted octanol–water partition coefficient (Wildman–Crippen LogP) is 1.99. The smallest absolute Gasteiger partial charge is 0.239 e. The number of anilines is 1. The molecule has 1 N–H and O–H groups in total. The minimum atomic E-state index is -3.44. The number of hydrogen-bond donors (Lipinski definition) is 1. The standard InChI is InChI=1S/C14H21BrN2O4S/c1-11-5-6-13(12(15)9-11)16-14(18)10-17(22(3,19)20)7-4-8-21-2/h5-6,9H,4,7-8,10H2,1-3H3,(H,16,18). The number of methoxy groups -OCH3 is 1. The first kappa shape index (κ1) is 19.1. The molecule has 0 aliphatic rings. The van der Waals surface area contributed by atoms with Gasteiger partial charge in [0, 0.05) is 24.7 Å². The van der Waals surface area contributed by atoms with Crippen molar-refractivity contribution in [2.24, 2.45) is 0 Å². The number of nitrogens with one attached hydrogen (secondary N) is 1. The Kier molecular flexibility index (Phi) is 7.47. The highest BCUT2D eigenvalue weighted by Crippen LogP contribution is 2.23. The number of sulfonamides is 1. The van der Waals surface area contributed by atoms with Gasteiger partial charge in [0.25, 0.3) is 0 Å². The summed E-state index contributed by atoms with van der Waals surface area (Å²) in [6.07, 6.45) is 1.62. The molecule has 0 aromatic heterocycles. The number of hydrogen-bond acceptors (Lipinski definition) is 4. The van der Waals surface area contributed by atoms with E-state index in [9.17, 15) is 13.2 Å². The molecule has 0 unspecified atom stereocenters. The Labute approximate surface area is 140 Å². The van der Waals surface area contributed by atoms with E-state index in [1.165, 1.54) is 0 Å². The Morgan fingerprint density at radius 2 is 2.09 bits per heavy atom. The molecule has 1 aromatic rings. The van der Waals surface area contributed by atoms with Crippen LogP contribution >= 0.6 is 15.9 Å². The van der Waals surface area contributed by atoms with Crippen LogP contribution in [0.5, 0.6) is 0 Å². The van der Waals surface area contributed by atoms with Gasteiger partial charge < -0.3 is 10.1 Å². The SMILES string of the molecule is COCCCN(CC(=O)Nc1ccc(C)cc1Br)S(C)(=O)=O. The lowest BCUT2D eigenvalue weighted by molar-refractivity contribution is -0.116. The van der Waals surface area contributed by atoms with Gasteiger partial charge in [0.15, 0.2) is 0 Å². The van der Waals surface area contributed by atoms with E-state index in [-0.39, 0.29) is 19.0 Å². The van der Waals surface area contributed by atoms with Crippen LogP contribution in [0.15, 0.2) is 22.7 Å². The van der Waals surface area contributed by atoms with Crippen LogP contribution < -0.4 is 5.32 Å². The van der Waals surface area contributed by atoms with Gasteiger partial charge in [-0.2, -0.15) is 4.31 Å². The number of benzene rings is 1. The summed E-state index contributed by atoms with van der Waals surface area (Å²) in [5.74, 6) is -0.382. The number of amides is 1. The molecule has 0 saturated heterocycles. The van der Waals surface area contributed by atoms with Crippen molar-refractivity contribution < 1.29 is 17.9 Å². The fourth-order valence-electron chi connectivity index (χ4n) is 1.82. The monoisotopic (exact) mass is 392 g/mol. The van der Waals surface area contributed by atoms with Crippen LogP contribution in [0, 0.1) is 6.92 Å². The highest BCUT2D eigenvalue weighted by molar-refractivity contribution is 9.10. The molecule has 124 valence electrons. The third-order valence-corrected chi connectivity index (χ3v) is 4.85. The van der Waals surface area contributed by atoms with Gasteiger partial charge in [-0.25, -0.2) is 8.42 Å². The molecular weight excluding hydrogens is 372 g/mol. The number of carbonyl (C=O) groups excluding carboxylic acids is 1. The lowest BCUT2D eigenvalue weighted by Crippen LogP contribution is -2.38. The number of halogens is 1. The Hall–Kier alpha value is -0.960. The molecule has 0 bridgehead atoms. The molecule has 1 amide bonds. The average molecular weight is 393 g/mol. The molecule has 1 aromatic carbocycles. The highest BCUT2D eigenvalue weighted by Gasteiger charge is 2.20. The zero-order chi connectivity index (χ0) is 16.8. The molecule has 6 nitrogen and oxygen atoms in total. The maximum atomic E-state index is 12.1. The third-order valence-electron chi connectivity index (χ3n) is 2.94. The second-order valence-electron chi connectivity index (χ2n) is 4.97. The summed E-state index contributed by atoms with van der Waals surface area (Å²) < 4.78 is 30.2. The van der Waals surface area contributed by atoms with E-state index in [2.05, 4.69) is 21.2 Å². The summed E-state index contributed by atoms with van der Waals surface area (Å²) >= 11 is 3.37. The van der Waals surface area contributed by atoms with Crippen LogP contribution in [0.25, 0.3) is 0 Å². The van der Waals surface area contributed by atoms with Crippen molar-refractivity contribution in [3.05, 3.63) is 28.2 Å². The second kappa shape index (κ2) is 8.61. The molecule has 0 heterocycles. The number of aryl methyl sites for hydroxylation is 1. The second-order valence-corrected chi connectivity index (χ2v) is 7.81. The highest BCUT2D eigenvalue weighted by atomic mass is 79.9. The van der Waals surface area contributed by atoms with Crippen LogP contribution in [-0.2, 0) is 19.6 Å². The summed E-state index contributed by atoms with van der Waals surface area (Å²) in [6, 6.07) is 5.52. The molecule has 0 saturated carbocycles. The van der Waals surface area contributed by atoms with Crippen LogP contribution in [0.3, 0.4) is 0 Å². The van der Waals surface area contributed by atoms with E-state index in [4.69, 9.17) is 4.74 Å². The Bertz CT molecular complexity index is 619. The van der Waals surface area contributed by atoms with Crippen molar-refractivity contribution in [3.8, 4) is 0 Å². The van der Waals surface area contributed by atoms with E-state index in [0.717, 1.165) is 20.6 Å². The van der Waals surface area contributed by atoms with Gasteiger partial charge in [0.05, 0.1) is 18.5 Å². The van der Waals surface area contributed by atoms with Gasteiger partial charge in [-0.1, -0.05) is 6.07 Å². The number of rotatable bonds is 8. The Balaban J connectivity index is 2.70. The lowest BCUT2D eigenvalue weighted by atomic mass is 10.2. The van der Waals surface area contributed by atoms with Crippen molar-refractivity contribution in [3.63, 3.8) is 0 Å². The first-order chi connectivity index (χ1) is 10.2. The maximum Gasteiger partial charge on any atom is 0.239 e. The summed E-state index contributed by atoms with van der Waals surface area (Å²) in [7, 11) is -1.90. The van der Waals surface area contributed by atoms with Crippen LogP contribution in [0.4, 0.5) is 5.69 Å². The van der Waals surface area contributed by atoms with Crippen molar-refractivity contribution in [1.82, 2.24) is 4.31 Å². The molecule has 0 radical (unpaired) electrons. The number of carbonyl (C=O) groups is 1. The normalized spacial score (nSPS) is 11.7. The lowest BCUT2D eigenvalue weighted by Gasteiger charge is -2.19. The number of ether oxygens (including phenoxy) is 1. The summed E-state index contributed by atoms with van der Waals surface area (Å²) in [6.45, 7) is 2.41. The molecule has 0 aliphatic heterocycles. The average Bonchev–Trinajstić information content (AvgIpc) is 2.40. The van der Waals surface area contributed by atoms with Crippen molar-refractivity contribution >= 4 is 37.5 Å². The molecule has 1 rings (SSSR count). The van der Waals surface area contributed by atoms with Gasteiger partial charge in [0.2, 0.25) is 15.9 Å². The van der Waals surface area contributed by atoms with E-state index >= 15 is 0 Å². The van der Waals surface area contributed by atoms with Crippen LogP contribution in [0.1, 0.15) is 12.0 Å². The summed E-state index contributed by atoms with van der Waals surface area (Å²) in [5.41, 5.74) is 1.67. The van der Waals surface area contributed by atoms with Gasteiger partial charge in [-0.15, -0.1) is 0 Å². The summed E-state index contributed by atoms with van der Waals surface area (Å²) in [4.78, 5) is 12.1. The molecular formula is C14H21BrN2O4S. The van der Waals surface area contributed by atoms with Gasteiger partial charge >= 0.3 is 0 Å². The van der Waals surface area contributed by atoms with Gasteiger partial charge in [0.1, 0.15) is 0 Å². The first-order valence-electron chi connectivity index (χ1n) is 6.74. The Morgan fingerprint density at radius 1 is 1.41 bits per heavy atom. The molecule has 0 spiro atoms. The summed E-state index contributed by atoms with van der Waals surface area (Å²) in [5, 5.41) is 2.71. The minimum absolute atomic E-state index is 0.219. The topological polar surface area (TPSA) is 75.7 Å². The zero-order valence-electron chi connectivity index (χ0n) is 12.9. The van der Waals surface area contributed by atoms with Crippen LogP contribution in [-0.4, -0.2) is 51.7 Å². The molecule has 0 aliphatic carbocycles. The zero-order valence-corrected chi connectivity index (χ0v) is 15.3. The van der Waals surface area contributed by atoms with Crippen molar-refractivity contribution in [2.45, 2.75) is 13.3 Å². The Morgan fingerprint density at radius 3 is 2.64 bits per heavy atom. The van der Waals surface area contributed by atoms with Gasteiger partial charge in [-0.3, -0.25) is 4.79 Å². The first-order valence-corrected chi connectivity index (χ1v) is 9.38. The maximum absolute atomic E-state index is 12.1. The van der Waals surface area contributed by atoms with Gasteiger partial charge in [-0.05, 0) is 47.0 Å². The third kappa shape index (κ3) is 6.43. The van der Waals surface area contributed by atoms with E-state index in [1.54, 1.807) is 13.2 Å². The predicted molar refractivity (Wildman–Crippen MR) is 90.4 cm³/mol. The van der Waals surface area contributed by atoms with Crippen molar-refractivity contribution in [1.29, 1.82) is 0 Å². The van der Waals surface area contributed by atoms with E-state index in [0.29, 0.717) is 18.7 Å². The molecule has 0 fully saturated rings. The molecule has 8 heteroatoms. The fourth-order valence-corrected chi connectivity index (χ4v) is 3.22. The minimum Gasteiger partial charge on any atom is -0.385 e. The largest absolute Gasteiger partial charge is 0.385 e. The fraction of sp³-hybridized carbons (Fsp3) is 0.500. The quantitative estimate of drug-likeness (QED) is 0.686. The van der Waals surface area contributed by atoms with Crippen LogP contribution in [0.2, 0.25) is 0 Å². The molecule has 22 heavy (non-hydrogen) atoms. The van der Waals surface area contributed by atoms with Crippen molar-refractivity contribution in [2.75, 3.05) is 38.4 Å².